The molecule has 0 saturated heterocycles. The van der Waals surface area contributed by atoms with Gasteiger partial charge in [0.2, 0.25) is 0 Å². The molecular weight excluding hydrogens is 241 g/mol. The first-order valence-electron chi connectivity index (χ1n) is 4.23. The van der Waals surface area contributed by atoms with E-state index in [0.717, 1.165) is 15.9 Å². The SMILES string of the molecule is CN=C([Se])/C(=N\NC)c1ccccc1. The van der Waals surface area contributed by atoms with Gasteiger partial charge in [-0.2, -0.15) is 0 Å². The molecule has 1 rings (SSSR count). The Kier molecular flexibility index (Phi) is 4.36. The molecule has 0 heterocycles. The van der Waals surface area contributed by atoms with Gasteiger partial charge in [-0.3, -0.25) is 0 Å². The predicted octanol–water partition coefficient (Wildman–Crippen LogP) is 0.807. The van der Waals surface area contributed by atoms with Gasteiger partial charge >= 0.3 is 91.8 Å². The molecule has 1 aromatic rings. The minimum atomic E-state index is 0.797. The van der Waals surface area contributed by atoms with Gasteiger partial charge in [-0.05, 0) is 0 Å². The number of hydrogen-bond acceptors (Lipinski definition) is 3. The van der Waals surface area contributed by atoms with Gasteiger partial charge in [0.25, 0.3) is 0 Å². The number of benzene rings is 1. The summed E-state index contributed by atoms with van der Waals surface area (Å²) in [6.07, 6.45) is 0. The van der Waals surface area contributed by atoms with Crippen LogP contribution in [0, 0.1) is 0 Å². The molecule has 0 saturated carbocycles. The summed E-state index contributed by atoms with van der Waals surface area (Å²) in [6.45, 7) is 0. The third-order valence-electron chi connectivity index (χ3n) is 1.68. The fourth-order valence-electron chi connectivity index (χ4n) is 1.05. The van der Waals surface area contributed by atoms with Gasteiger partial charge in [0.1, 0.15) is 0 Å². The average molecular weight is 253 g/mol. The van der Waals surface area contributed by atoms with Crippen molar-refractivity contribution in [3.8, 4) is 0 Å². The first-order valence-corrected chi connectivity index (χ1v) is 5.09. The quantitative estimate of drug-likeness (QED) is 0.483. The summed E-state index contributed by atoms with van der Waals surface area (Å²) in [7, 11) is 3.51. The maximum atomic E-state index is 4.17. The Labute approximate surface area is 92.1 Å². The van der Waals surface area contributed by atoms with E-state index in [1.54, 1.807) is 14.1 Å². The Morgan fingerprint density at radius 1 is 1.29 bits per heavy atom. The van der Waals surface area contributed by atoms with Crippen LogP contribution in [0.5, 0.6) is 0 Å². The van der Waals surface area contributed by atoms with Crippen LogP contribution in [-0.2, 0) is 0 Å². The first-order chi connectivity index (χ1) is 6.79. The molecule has 1 N–H and O–H groups in total. The van der Waals surface area contributed by atoms with E-state index in [1.165, 1.54) is 0 Å². The zero-order valence-electron chi connectivity index (χ0n) is 8.19. The van der Waals surface area contributed by atoms with Crippen molar-refractivity contribution in [3.05, 3.63) is 35.9 Å². The molecule has 1 radical (unpaired) electrons. The molecule has 1 aromatic carbocycles. The molecule has 0 unspecified atom stereocenters. The molecule has 0 fully saturated rings. The molecule has 4 heteroatoms. The Bertz CT molecular complexity index is 344. The predicted molar refractivity (Wildman–Crippen MR) is 61.2 cm³/mol. The van der Waals surface area contributed by atoms with Crippen molar-refractivity contribution in [3.63, 3.8) is 0 Å². The van der Waals surface area contributed by atoms with Gasteiger partial charge < -0.3 is 0 Å². The fourth-order valence-corrected chi connectivity index (χ4v) is 1.39. The van der Waals surface area contributed by atoms with Crippen LogP contribution in [0.3, 0.4) is 0 Å². The minimum absolute atomic E-state index is 0.797. The van der Waals surface area contributed by atoms with E-state index in [1.807, 2.05) is 30.3 Å². The van der Waals surface area contributed by atoms with E-state index in [-0.39, 0.29) is 0 Å². The summed E-state index contributed by atoms with van der Waals surface area (Å²) in [4.78, 5) is 4.07. The van der Waals surface area contributed by atoms with Crippen molar-refractivity contribution < 1.29 is 0 Å². The van der Waals surface area contributed by atoms with E-state index >= 15 is 0 Å². The van der Waals surface area contributed by atoms with Gasteiger partial charge in [-0.1, -0.05) is 0 Å². The Hall–Kier alpha value is -1.12. The Balaban J connectivity index is 3.08. The number of nitrogens with zero attached hydrogens (tertiary/aromatic N) is 2. The van der Waals surface area contributed by atoms with Gasteiger partial charge in [-0.15, -0.1) is 0 Å². The van der Waals surface area contributed by atoms with Crippen LogP contribution in [0.2, 0.25) is 0 Å². The summed E-state index contributed by atoms with van der Waals surface area (Å²) in [5, 5.41) is 4.17. The molecule has 0 amide bonds. The first kappa shape index (κ1) is 11.0. The van der Waals surface area contributed by atoms with Crippen LogP contribution in [0.15, 0.2) is 40.4 Å². The molecule has 3 nitrogen and oxygen atoms in total. The number of hydrogen-bond donors (Lipinski definition) is 1. The topological polar surface area (TPSA) is 36.8 Å². The number of nitrogens with one attached hydrogen (secondary N) is 1. The van der Waals surface area contributed by atoms with Crippen molar-refractivity contribution in [2.75, 3.05) is 14.1 Å². The zero-order chi connectivity index (χ0) is 10.4. The van der Waals surface area contributed by atoms with E-state index in [4.69, 9.17) is 0 Å². The zero-order valence-corrected chi connectivity index (χ0v) is 9.90. The molecule has 73 valence electrons. The molecule has 0 spiro atoms. The molecule has 0 aliphatic heterocycles. The van der Waals surface area contributed by atoms with E-state index < -0.39 is 0 Å². The van der Waals surface area contributed by atoms with Gasteiger partial charge in [0.15, 0.2) is 0 Å². The molecule has 0 atom stereocenters. The fraction of sp³-hybridized carbons (Fsp3) is 0.200. The van der Waals surface area contributed by atoms with Crippen LogP contribution < -0.4 is 5.43 Å². The molecule has 0 aliphatic carbocycles. The van der Waals surface area contributed by atoms with Crippen molar-refractivity contribution in [2.45, 2.75) is 0 Å². The maximum absolute atomic E-state index is 4.17. The number of aliphatic imine (C=N–C) groups is 1. The number of rotatable bonds is 3. The van der Waals surface area contributed by atoms with Crippen LogP contribution in [0.4, 0.5) is 0 Å². The van der Waals surface area contributed by atoms with E-state index in [2.05, 4.69) is 31.5 Å². The second kappa shape index (κ2) is 5.58. The van der Waals surface area contributed by atoms with Crippen molar-refractivity contribution in [2.24, 2.45) is 10.1 Å². The monoisotopic (exact) mass is 254 g/mol. The molecule has 0 bridgehead atoms. The van der Waals surface area contributed by atoms with Crippen molar-refractivity contribution >= 4 is 26.3 Å². The summed E-state index contributed by atoms with van der Waals surface area (Å²) >= 11 is 2.89. The van der Waals surface area contributed by atoms with Crippen LogP contribution in [-0.4, -0.2) is 40.4 Å². The van der Waals surface area contributed by atoms with Crippen molar-refractivity contribution in [1.29, 1.82) is 0 Å². The molecule has 0 aromatic heterocycles. The van der Waals surface area contributed by atoms with Crippen LogP contribution in [0.1, 0.15) is 5.56 Å². The molecule has 14 heavy (non-hydrogen) atoms. The summed E-state index contributed by atoms with van der Waals surface area (Å²) in [5.74, 6) is 0. The van der Waals surface area contributed by atoms with Gasteiger partial charge in [-0.25, -0.2) is 0 Å². The third-order valence-corrected chi connectivity index (χ3v) is 2.47. The molecular formula is C10H12N3Se. The summed E-state index contributed by atoms with van der Waals surface area (Å²) in [5.41, 5.74) is 4.64. The van der Waals surface area contributed by atoms with Crippen LogP contribution >= 0.6 is 0 Å². The van der Waals surface area contributed by atoms with E-state index in [9.17, 15) is 0 Å². The second-order valence-electron chi connectivity index (χ2n) is 2.58. The van der Waals surface area contributed by atoms with Gasteiger partial charge in [0.05, 0.1) is 0 Å². The Morgan fingerprint density at radius 3 is 2.43 bits per heavy atom. The average Bonchev–Trinajstić information content (AvgIpc) is 2.26. The number of hydrazone groups is 1. The standard InChI is InChI=1S/C10H12N3Se/c1-11-10(14)9(13-12-2)8-6-4-3-5-7-8/h3-7,12H,1-2H3/b11-10?,13-9-. The van der Waals surface area contributed by atoms with Crippen molar-refractivity contribution in [1.82, 2.24) is 5.43 Å². The van der Waals surface area contributed by atoms with E-state index in [0.29, 0.717) is 0 Å². The van der Waals surface area contributed by atoms with Gasteiger partial charge in [0, 0.05) is 0 Å². The normalized spacial score (nSPS) is 12.7. The Morgan fingerprint density at radius 2 is 1.93 bits per heavy atom. The summed E-state index contributed by atoms with van der Waals surface area (Å²) in [6, 6.07) is 9.92. The summed E-state index contributed by atoms with van der Waals surface area (Å²) < 4.78 is 0.797. The third kappa shape index (κ3) is 2.69. The van der Waals surface area contributed by atoms with Crippen LogP contribution in [0.25, 0.3) is 0 Å². The second-order valence-corrected chi connectivity index (χ2v) is 3.39. The molecule has 0 aliphatic rings.